The smallest absolute Gasteiger partial charge is 0.160 e. The predicted molar refractivity (Wildman–Crippen MR) is 216 cm³/mol. The van der Waals surface area contributed by atoms with Crippen LogP contribution in [0.4, 0.5) is 0 Å². The molecular formula is C45H70N2O2. The second-order valence-electron chi connectivity index (χ2n) is 13.6. The molecule has 272 valence electrons. The number of phenolic OH excluding ortho intramolecular Hbond substituents is 1. The van der Waals surface area contributed by atoms with Gasteiger partial charge in [-0.1, -0.05) is 109 Å². The Hall–Kier alpha value is -3.40. The Balaban J connectivity index is 0.000000715. The number of Topliss-reactive ketones (excluding diaryl/α,β-unsaturated/α-hetero) is 1. The molecule has 0 aromatic heterocycles. The van der Waals surface area contributed by atoms with Crippen LogP contribution in [0, 0.1) is 18.3 Å². The number of nitrogens with one attached hydrogen (secondary N) is 1. The van der Waals surface area contributed by atoms with Crippen molar-refractivity contribution in [3.05, 3.63) is 93.4 Å². The second kappa shape index (κ2) is 22.3. The van der Waals surface area contributed by atoms with Crippen molar-refractivity contribution in [1.29, 1.82) is 0 Å². The average molecular weight is 671 g/mol. The first kappa shape index (κ1) is 43.6. The Bertz CT molecular complexity index is 1410. The lowest BCUT2D eigenvalue weighted by Gasteiger charge is -2.39. The molecule has 0 unspecified atom stereocenters. The van der Waals surface area contributed by atoms with Crippen molar-refractivity contribution in [3.63, 3.8) is 0 Å². The lowest BCUT2D eigenvalue weighted by molar-refractivity contribution is -0.111. The molecule has 2 aliphatic rings. The van der Waals surface area contributed by atoms with E-state index >= 15 is 0 Å². The number of hydrogen-bond donors (Lipinski definition) is 2. The lowest BCUT2D eigenvalue weighted by Crippen LogP contribution is -2.25. The van der Waals surface area contributed by atoms with Gasteiger partial charge in [0.05, 0.1) is 0 Å². The average Bonchev–Trinajstić information content (AvgIpc) is 3.26. The van der Waals surface area contributed by atoms with E-state index in [0.29, 0.717) is 17.6 Å². The molecule has 1 aliphatic heterocycles. The number of ketones is 1. The maximum absolute atomic E-state index is 12.7. The quantitative estimate of drug-likeness (QED) is 0.182. The van der Waals surface area contributed by atoms with E-state index in [1.54, 1.807) is 12.1 Å². The van der Waals surface area contributed by atoms with Crippen molar-refractivity contribution in [2.75, 3.05) is 0 Å². The summed E-state index contributed by atoms with van der Waals surface area (Å²) in [5.41, 5.74) is 9.44. The molecule has 1 heterocycles. The zero-order valence-corrected chi connectivity index (χ0v) is 33.6. The first-order valence-corrected chi connectivity index (χ1v) is 19.1. The third-order valence-corrected chi connectivity index (χ3v) is 10.7. The van der Waals surface area contributed by atoms with Gasteiger partial charge in [0.15, 0.2) is 5.78 Å². The molecule has 1 aromatic rings. The van der Waals surface area contributed by atoms with Gasteiger partial charge in [-0.15, -0.1) is 0 Å². The van der Waals surface area contributed by atoms with Crippen LogP contribution >= 0.6 is 0 Å². The van der Waals surface area contributed by atoms with Crippen LogP contribution in [0.25, 0.3) is 5.57 Å². The van der Waals surface area contributed by atoms with Crippen molar-refractivity contribution in [2.45, 2.75) is 154 Å². The number of benzene rings is 1. The Labute approximate surface area is 301 Å². The number of amidine groups is 1. The van der Waals surface area contributed by atoms with E-state index in [1.807, 2.05) is 46.0 Å². The lowest BCUT2D eigenvalue weighted by atomic mass is 9.67. The molecule has 0 spiro atoms. The Kier molecular flexibility index (Phi) is 19.9. The van der Waals surface area contributed by atoms with E-state index in [4.69, 9.17) is 4.99 Å². The molecule has 1 saturated carbocycles. The standard InChI is InChI=1S/C31H40N2O2.C12H24.C2H6/c1-9-20(4)15-16-28(21(5)10-2)33-30-17-23(7)26(11-3)25(19-32-30)18-27(24(8)34)31-22(6)13-12-14-29(31)35;1-4-11-7-9-12(5-2,6-3)10-8-11;1-2/h9,12-16,18-19,35H,10-11,17H2,1-8H3,(H,32,33);11H,4-10H2,1-3H3;1-2H3/b16-15-,20-9-,27-18+,28-21+;;. The highest BCUT2D eigenvalue weighted by Gasteiger charge is 2.31. The van der Waals surface area contributed by atoms with E-state index < -0.39 is 0 Å². The summed E-state index contributed by atoms with van der Waals surface area (Å²) in [5, 5.41) is 14.1. The maximum atomic E-state index is 12.7. The maximum Gasteiger partial charge on any atom is 0.160 e. The molecule has 49 heavy (non-hydrogen) atoms. The fraction of sp³-hybridized carbons (Fsp3) is 0.556. The molecule has 4 nitrogen and oxygen atoms in total. The van der Waals surface area contributed by atoms with E-state index in [9.17, 15) is 9.90 Å². The molecule has 0 radical (unpaired) electrons. The molecule has 0 bridgehead atoms. The van der Waals surface area contributed by atoms with Crippen LogP contribution < -0.4 is 5.32 Å². The highest BCUT2D eigenvalue weighted by atomic mass is 16.3. The zero-order chi connectivity index (χ0) is 37.1. The number of phenols is 1. The van der Waals surface area contributed by atoms with Gasteiger partial charge in [-0.2, -0.15) is 0 Å². The van der Waals surface area contributed by atoms with Crippen LogP contribution in [0.1, 0.15) is 158 Å². The number of rotatable bonds is 11. The van der Waals surface area contributed by atoms with Crippen molar-refractivity contribution < 1.29 is 9.90 Å². The number of carbonyl (C=O) groups excluding carboxylic acids is 1. The second-order valence-corrected chi connectivity index (χ2v) is 13.6. The van der Waals surface area contributed by atoms with Gasteiger partial charge in [0, 0.05) is 29.5 Å². The number of carbonyl (C=O) groups is 1. The number of aromatic hydroxyl groups is 1. The van der Waals surface area contributed by atoms with Gasteiger partial charge < -0.3 is 10.4 Å². The van der Waals surface area contributed by atoms with Crippen LogP contribution in [0.2, 0.25) is 0 Å². The van der Waals surface area contributed by atoms with Crippen molar-refractivity contribution in [3.8, 4) is 5.75 Å². The van der Waals surface area contributed by atoms with Crippen molar-refractivity contribution in [1.82, 2.24) is 5.32 Å². The number of nitrogens with zero attached hydrogens (tertiary/aromatic N) is 1. The van der Waals surface area contributed by atoms with Gasteiger partial charge >= 0.3 is 0 Å². The van der Waals surface area contributed by atoms with Crippen molar-refractivity contribution in [2.24, 2.45) is 16.3 Å². The first-order chi connectivity index (χ1) is 23.4. The van der Waals surface area contributed by atoms with Crippen LogP contribution in [0.15, 0.2) is 87.3 Å². The summed E-state index contributed by atoms with van der Waals surface area (Å²) in [4.78, 5) is 17.5. The third-order valence-electron chi connectivity index (χ3n) is 10.7. The zero-order valence-electron chi connectivity index (χ0n) is 33.6. The van der Waals surface area contributed by atoms with Crippen LogP contribution in [0.3, 0.4) is 0 Å². The minimum Gasteiger partial charge on any atom is -0.507 e. The van der Waals surface area contributed by atoms with Gasteiger partial charge in [-0.25, -0.2) is 4.99 Å². The first-order valence-electron chi connectivity index (χ1n) is 19.1. The number of allylic oxidation sites excluding steroid dienone is 9. The third kappa shape index (κ3) is 13.1. The minimum absolute atomic E-state index is 0.0940. The SMILES string of the molecule is CC.CCC1CCC(CC)(CC)CC1.C\C=C(C)/C=C\C(NC1=NC=C(/C=C(\C(C)=O)c2c(C)cccc2O)C(CC)=C(C)C1)=C(\C)CC. The number of aryl methyl sites for hydroxylation is 1. The fourth-order valence-electron chi connectivity index (χ4n) is 6.69. The largest absolute Gasteiger partial charge is 0.507 e. The molecule has 0 saturated heterocycles. The van der Waals surface area contributed by atoms with Gasteiger partial charge in [0.2, 0.25) is 0 Å². The highest BCUT2D eigenvalue weighted by Crippen LogP contribution is 2.44. The Morgan fingerprint density at radius 1 is 1.00 bits per heavy atom. The van der Waals surface area contributed by atoms with Crippen molar-refractivity contribution >= 4 is 17.2 Å². The van der Waals surface area contributed by atoms with Gasteiger partial charge in [0.25, 0.3) is 0 Å². The minimum atomic E-state index is -0.0940. The molecular weight excluding hydrogens is 601 g/mol. The molecule has 1 aromatic carbocycles. The summed E-state index contributed by atoms with van der Waals surface area (Å²) < 4.78 is 0. The monoisotopic (exact) mass is 671 g/mol. The molecule has 1 aliphatic carbocycles. The van der Waals surface area contributed by atoms with Gasteiger partial charge in [-0.3, -0.25) is 4.79 Å². The van der Waals surface area contributed by atoms with Crippen LogP contribution in [-0.2, 0) is 4.79 Å². The molecule has 0 amide bonds. The van der Waals surface area contributed by atoms with E-state index in [-0.39, 0.29) is 11.5 Å². The topological polar surface area (TPSA) is 61.7 Å². The summed E-state index contributed by atoms with van der Waals surface area (Å²) in [6.45, 7) is 27.2. The Morgan fingerprint density at radius 2 is 1.63 bits per heavy atom. The molecule has 0 atom stereocenters. The van der Waals surface area contributed by atoms with Gasteiger partial charge in [0.1, 0.15) is 11.6 Å². The summed E-state index contributed by atoms with van der Waals surface area (Å²) in [6, 6.07) is 5.31. The van der Waals surface area contributed by atoms with E-state index in [0.717, 1.165) is 52.4 Å². The molecule has 3 rings (SSSR count). The van der Waals surface area contributed by atoms with Gasteiger partial charge in [-0.05, 0) is 126 Å². The molecule has 4 heteroatoms. The predicted octanol–water partition coefficient (Wildman–Crippen LogP) is 13.3. The Morgan fingerprint density at radius 3 is 2.12 bits per heavy atom. The van der Waals surface area contributed by atoms with E-state index in [2.05, 4.69) is 78.9 Å². The fourth-order valence-corrected chi connectivity index (χ4v) is 6.69. The molecule has 2 N–H and O–H groups in total. The van der Waals surface area contributed by atoms with E-state index in [1.165, 1.54) is 68.6 Å². The number of hydrogen-bond acceptors (Lipinski definition) is 4. The highest BCUT2D eigenvalue weighted by molar-refractivity contribution is 6.21. The number of aliphatic imine (C=N–C) groups is 1. The van der Waals surface area contributed by atoms with Crippen LogP contribution in [-0.4, -0.2) is 16.7 Å². The summed E-state index contributed by atoms with van der Waals surface area (Å²) in [7, 11) is 0. The summed E-state index contributed by atoms with van der Waals surface area (Å²) in [5.74, 6) is 1.93. The normalized spacial score (nSPS) is 17.6. The summed E-state index contributed by atoms with van der Waals surface area (Å²) in [6.07, 6.45) is 22.7. The summed E-state index contributed by atoms with van der Waals surface area (Å²) >= 11 is 0. The van der Waals surface area contributed by atoms with Crippen LogP contribution in [0.5, 0.6) is 5.75 Å². The molecule has 1 fully saturated rings.